The zero-order valence-electron chi connectivity index (χ0n) is 21.1. The third kappa shape index (κ3) is 4.64. The maximum absolute atomic E-state index is 13.5. The van der Waals surface area contributed by atoms with E-state index in [9.17, 15) is 4.79 Å². The predicted octanol–water partition coefficient (Wildman–Crippen LogP) is 4.21. The molecule has 3 aromatic carbocycles. The minimum absolute atomic E-state index is 0.177. The van der Waals surface area contributed by atoms with Crippen LogP contribution in [0.15, 0.2) is 90.1 Å². The lowest BCUT2D eigenvalue weighted by atomic mass is 9.89. The minimum Gasteiger partial charge on any atom is -0.457 e. The molecule has 0 radical (unpaired) electrons. The summed E-state index contributed by atoms with van der Waals surface area (Å²) in [6, 6.07) is 25.6. The second-order valence-electron chi connectivity index (χ2n) is 9.31. The van der Waals surface area contributed by atoms with Gasteiger partial charge >= 0.3 is 5.97 Å². The first-order valence-corrected chi connectivity index (χ1v) is 12.7. The fourth-order valence-corrected chi connectivity index (χ4v) is 5.04. The molecule has 2 aliphatic rings. The van der Waals surface area contributed by atoms with E-state index in [1.807, 2.05) is 55.5 Å². The van der Waals surface area contributed by atoms with E-state index in [1.165, 1.54) is 5.69 Å². The molecular formula is C29H28N6O3. The Balaban J connectivity index is 1.36. The standard InChI is InChI=1S/C29H28N6O3/c1-20-26(28(36)38-19-21-7-3-2-4-8-21)27(35-29(30-20)31-32-33-35)25-10-6-5-9-24(25)22-11-13-23(14-12-22)34-15-17-37-18-16-34/h2-14,27H,15-19H2,1H3,(H,30,31,33). The number of tetrazole rings is 1. The number of benzene rings is 3. The van der Waals surface area contributed by atoms with E-state index in [2.05, 4.69) is 56.1 Å². The molecule has 38 heavy (non-hydrogen) atoms. The molecule has 4 aromatic rings. The topological polar surface area (TPSA) is 94.4 Å². The fourth-order valence-electron chi connectivity index (χ4n) is 5.04. The first kappa shape index (κ1) is 23.9. The summed E-state index contributed by atoms with van der Waals surface area (Å²) in [6.45, 7) is 5.27. The van der Waals surface area contributed by atoms with Crippen molar-refractivity contribution >= 4 is 17.6 Å². The molecular weight excluding hydrogens is 480 g/mol. The zero-order valence-corrected chi connectivity index (χ0v) is 21.1. The normalized spacial score (nSPS) is 17.1. The Hall–Kier alpha value is -4.50. The van der Waals surface area contributed by atoms with Crippen molar-refractivity contribution in [1.82, 2.24) is 20.2 Å². The van der Waals surface area contributed by atoms with Gasteiger partial charge in [-0.25, -0.2) is 4.79 Å². The van der Waals surface area contributed by atoms with E-state index in [-0.39, 0.29) is 6.61 Å². The molecule has 1 atom stereocenters. The highest BCUT2D eigenvalue weighted by molar-refractivity contribution is 5.93. The van der Waals surface area contributed by atoms with Crippen LogP contribution < -0.4 is 10.2 Å². The van der Waals surface area contributed by atoms with Crippen LogP contribution in [0.25, 0.3) is 11.1 Å². The van der Waals surface area contributed by atoms with E-state index in [0.717, 1.165) is 48.6 Å². The summed E-state index contributed by atoms with van der Waals surface area (Å²) in [5.41, 5.74) is 6.16. The van der Waals surface area contributed by atoms with Crippen LogP contribution in [0.4, 0.5) is 11.6 Å². The van der Waals surface area contributed by atoms with Gasteiger partial charge in [0.25, 0.3) is 0 Å². The summed E-state index contributed by atoms with van der Waals surface area (Å²) in [4.78, 5) is 15.9. The van der Waals surface area contributed by atoms with E-state index in [4.69, 9.17) is 9.47 Å². The number of aromatic nitrogens is 4. The number of allylic oxidation sites excluding steroid dienone is 1. The third-order valence-electron chi connectivity index (χ3n) is 6.96. The summed E-state index contributed by atoms with van der Waals surface area (Å²) in [7, 11) is 0. The fraction of sp³-hybridized carbons (Fsp3) is 0.241. The lowest BCUT2D eigenvalue weighted by molar-refractivity contribution is -0.140. The molecule has 0 bridgehead atoms. The molecule has 0 amide bonds. The molecule has 0 spiro atoms. The number of rotatable bonds is 6. The van der Waals surface area contributed by atoms with Gasteiger partial charge in [-0.05, 0) is 51.7 Å². The van der Waals surface area contributed by atoms with Crippen molar-refractivity contribution in [1.29, 1.82) is 0 Å². The van der Waals surface area contributed by atoms with Gasteiger partial charge in [-0.1, -0.05) is 71.8 Å². The summed E-state index contributed by atoms with van der Waals surface area (Å²) < 4.78 is 12.9. The van der Waals surface area contributed by atoms with Crippen molar-refractivity contribution in [2.45, 2.75) is 19.6 Å². The number of esters is 1. The number of hydrogen-bond donors (Lipinski definition) is 1. The Bertz CT molecular complexity index is 1460. The van der Waals surface area contributed by atoms with Gasteiger partial charge in [0.15, 0.2) is 0 Å². The largest absolute Gasteiger partial charge is 0.457 e. The Kier molecular flexibility index (Phi) is 6.58. The molecule has 192 valence electrons. The Morgan fingerprint density at radius 3 is 2.53 bits per heavy atom. The average Bonchev–Trinajstić information content (AvgIpc) is 3.44. The molecule has 2 aliphatic heterocycles. The van der Waals surface area contributed by atoms with E-state index >= 15 is 0 Å². The van der Waals surface area contributed by atoms with Crippen LogP contribution in [0.2, 0.25) is 0 Å². The molecule has 3 heterocycles. The zero-order chi connectivity index (χ0) is 25.9. The lowest BCUT2D eigenvalue weighted by Crippen LogP contribution is -2.36. The Morgan fingerprint density at radius 1 is 1.00 bits per heavy atom. The number of carbonyl (C=O) groups is 1. The number of nitrogens with zero attached hydrogens (tertiary/aromatic N) is 5. The molecule has 9 nitrogen and oxygen atoms in total. The number of anilines is 2. The maximum atomic E-state index is 13.5. The summed E-state index contributed by atoms with van der Waals surface area (Å²) in [6.07, 6.45) is 0. The second-order valence-corrected chi connectivity index (χ2v) is 9.31. The highest BCUT2D eigenvalue weighted by Gasteiger charge is 2.36. The Morgan fingerprint density at radius 2 is 1.74 bits per heavy atom. The van der Waals surface area contributed by atoms with Gasteiger partial charge in [0.05, 0.1) is 18.8 Å². The Labute approximate surface area is 220 Å². The number of hydrogen-bond acceptors (Lipinski definition) is 8. The summed E-state index contributed by atoms with van der Waals surface area (Å²) in [5.74, 6) is 0.0621. The van der Waals surface area contributed by atoms with Gasteiger partial charge in [-0.2, -0.15) is 4.68 Å². The molecule has 1 fully saturated rings. The van der Waals surface area contributed by atoms with E-state index in [0.29, 0.717) is 17.2 Å². The van der Waals surface area contributed by atoms with Crippen molar-refractivity contribution in [3.8, 4) is 11.1 Å². The van der Waals surface area contributed by atoms with Crippen LogP contribution in [0.1, 0.15) is 24.1 Å². The molecule has 1 unspecified atom stereocenters. The highest BCUT2D eigenvalue weighted by atomic mass is 16.5. The number of nitrogens with one attached hydrogen (secondary N) is 1. The van der Waals surface area contributed by atoms with Gasteiger partial charge in [0, 0.05) is 24.5 Å². The number of fused-ring (bicyclic) bond motifs is 1. The molecule has 6 rings (SSSR count). The van der Waals surface area contributed by atoms with Gasteiger partial charge in [-0.3, -0.25) is 0 Å². The monoisotopic (exact) mass is 508 g/mol. The maximum Gasteiger partial charge on any atom is 0.338 e. The number of ether oxygens (including phenoxy) is 2. The molecule has 0 saturated carbocycles. The smallest absolute Gasteiger partial charge is 0.338 e. The first-order chi connectivity index (χ1) is 18.7. The van der Waals surface area contributed by atoms with Gasteiger partial charge in [0.2, 0.25) is 5.95 Å². The van der Waals surface area contributed by atoms with Crippen molar-refractivity contribution < 1.29 is 14.3 Å². The average molecular weight is 509 g/mol. The molecule has 1 saturated heterocycles. The summed E-state index contributed by atoms with van der Waals surface area (Å²) in [5, 5.41) is 15.4. The quantitative estimate of drug-likeness (QED) is 0.387. The summed E-state index contributed by atoms with van der Waals surface area (Å²) >= 11 is 0. The van der Waals surface area contributed by atoms with Crippen molar-refractivity contribution in [3.05, 3.63) is 101 Å². The SMILES string of the molecule is CC1=C(C(=O)OCc2ccccc2)C(c2ccccc2-c2ccc(N3CCOCC3)cc2)n2nnnc2N1. The van der Waals surface area contributed by atoms with Crippen LogP contribution >= 0.6 is 0 Å². The van der Waals surface area contributed by atoms with Crippen LogP contribution in [-0.4, -0.2) is 52.5 Å². The van der Waals surface area contributed by atoms with Crippen LogP contribution in [-0.2, 0) is 20.9 Å². The van der Waals surface area contributed by atoms with Gasteiger partial charge in [-0.15, -0.1) is 0 Å². The second kappa shape index (κ2) is 10.5. The van der Waals surface area contributed by atoms with Gasteiger partial charge < -0.3 is 19.7 Å². The number of morpholine rings is 1. The van der Waals surface area contributed by atoms with Crippen LogP contribution in [0, 0.1) is 0 Å². The number of carbonyl (C=O) groups excluding carboxylic acids is 1. The van der Waals surface area contributed by atoms with Crippen molar-refractivity contribution in [2.24, 2.45) is 0 Å². The predicted molar refractivity (Wildman–Crippen MR) is 143 cm³/mol. The molecule has 1 N–H and O–H groups in total. The van der Waals surface area contributed by atoms with E-state index < -0.39 is 12.0 Å². The minimum atomic E-state index is -0.556. The van der Waals surface area contributed by atoms with Crippen molar-refractivity contribution in [2.75, 3.05) is 36.5 Å². The van der Waals surface area contributed by atoms with Crippen LogP contribution in [0.5, 0.6) is 0 Å². The van der Waals surface area contributed by atoms with Crippen LogP contribution in [0.3, 0.4) is 0 Å². The third-order valence-corrected chi connectivity index (χ3v) is 6.96. The molecule has 9 heteroatoms. The molecule has 0 aliphatic carbocycles. The van der Waals surface area contributed by atoms with E-state index in [1.54, 1.807) is 4.68 Å². The van der Waals surface area contributed by atoms with Crippen molar-refractivity contribution in [3.63, 3.8) is 0 Å². The first-order valence-electron chi connectivity index (χ1n) is 12.7. The highest BCUT2D eigenvalue weighted by Crippen LogP contribution is 2.40. The van der Waals surface area contributed by atoms with Gasteiger partial charge in [0.1, 0.15) is 12.6 Å². The lowest BCUT2D eigenvalue weighted by Gasteiger charge is -2.30. The molecule has 1 aromatic heterocycles.